The second-order valence-corrected chi connectivity index (χ2v) is 7.76. The third-order valence-corrected chi connectivity index (χ3v) is 6.13. The van der Waals surface area contributed by atoms with Gasteiger partial charge in [-0.15, -0.1) is 0 Å². The maximum atomic E-state index is 4.56. The van der Waals surface area contributed by atoms with Gasteiger partial charge in [-0.25, -0.2) is 4.98 Å². The molecule has 2 aromatic carbocycles. The molecular formula is C24H26N4. The zero-order chi connectivity index (χ0) is 19.1. The van der Waals surface area contributed by atoms with Gasteiger partial charge in [0.1, 0.15) is 0 Å². The fourth-order valence-corrected chi connectivity index (χ4v) is 4.51. The van der Waals surface area contributed by atoms with Crippen molar-refractivity contribution in [2.75, 3.05) is 6.54 Å². The highest BCUT2D eigenvalue weighted by atomic mass is 15.2. The number of imidazole rings is 1. The summed E-state index contributed by atoms with van der Waals surface area (Å²) in [7, 11) is 0. The van der Waals surface area contributed by atoms with E-state index in [2.05, 4.69) is 82.2 Å². The first kappa shape index (κ1) is 17.3. The lowest BCUT2D eigenvalue weighted by atomic mass is 9.91. The maximum Gasteiger partial charge on any atom is 0.0925 e. The van der Waals surface area contributed by atoms with Crippen molar-refractivity contribution in [1.82, 2.24) is 19.9 Å². The number of aryl methyl sites for hydroxylation is 2. The highest BCUT2D eigenvalue weighted by molar-refractivity contribution is 5.85. The Labute approximate surface area is 165 Å². The second kappa shape index (κ2) is 6.95. The maximum absolute atomic E-state index is 4.56. The molecule has 5 rings (SSSR count). The summed E-state index contributed by atoms with van der Waals surface area (Å²) in [6.07, 6.45) is 3.93. The van der Waals surface area contributed by atoms with E-state index in [-0.39, 0.29) is 6.04 Å². The lowest BCUT2D eigenvalue weighted by molar-refractivity contribution is 0.199. The van der Waals surface area contributed by atoms with Gasteiger partial charge in [0.05, 0.1) is 18.1 Å². The Bertz CT molecular complexity index is 1100. The van der Waals surface area contributed by atoms with E-state index in [4.69, 9.17) is 0 Å². The lowest BCUT2D eigenvalue weighted by Gasteiger charge is -2.36. The molecule has 2 aromatic heterocycles. The smallest absolute Gasteiger partial charge is 0.0925 e. The van der Waals surface area contributed by atoms with E-state index in [0.29, 0.717) is 0 Å². The summed E-state index contributed by atoms with van der Waals surface area (Å²) in [6, 6.07) is 18.0. The zero-order valence-corrected chi connectivity index (χ0v) is 16.5. The minimum absolute atomic E-state index is 0.221. The van der Waals surface area contributed by atoms with Gasteiger partial charge in [0.25, 0.3) is 0 Å². The number of H-pyrrole nitrogens is 2. The van der Waals surface area contributed by atoms with E-state index < -0.39 is 0 Å². The van der Waals surface area contributed by atoms with Crippen LogP contribution in [0.4, 0.5) is 0 Å². The highest BCUT2D eigenvalue weighted by Gasteiger charge is 2.32. The zero-order valence-electron chi connectivity index (χ0n) is 16.5. The lowest BCUT2D eigenvalue weighted by Crippen LogP contribution is -2.36. The molecule has 0 aliphatic carbocycles. The number of rotatable bonds is 4. The predicted molar refractivity (Wildman–Crippen MR) is 113 cm³/mol. The summed E-state index contributed by atoms with van der Waals surface area (Å²) in [5.74, 6) is 0. The van der Waals surface area contributed by atoms with Crippen LogP contribution in [0.3, 0.4) is 0 Å². The molecule has 1 aliphatic rings. The number of nitrogens with zero attached hydrogens (tertiary/aromatic N) is 2. The molecule has 0 bridgehead atoms. The van der Waals surface area contributed by atoms with Gasteiger partial charge in [-0.1, -0.05) is 49.4 Å². The van der Waals surface area contributed by atoms with Gasteiger partial charge in [-0.2, -0.15) is 0 Å². The molecule has 28 heavy (non-hydrogen) atoms. The van der Waals surface area contributed by atoms with Crippen molar-refractivity contribution in [3.8, 4) is 0 Å². The summed E-state index contributed by atoms with van der Waals surface area (Å²) in [5, 5.41) is 1.36. The third-order valence-electron chi connectivity index (χ3n) is 6.13. The molecule has 0 fully saturated rings. The van der Waals surface area contributed by atoms with E-state index in [9.17, 15) is 0 Å². The van der Waals surface area contributed by atoms with Gasteiger partial charge >= 0.3 is 0 Å². The highest BCUT2D eigenvalue weighted by Crippen LogP contribution is 2.39. The van der Waals surface area contributed by atoms with Crippen molar-refractivity contribution in [3.63, 3.8) is 0 Å². The molecular weight excluding hydrogens is 344 g/mol. The first-order valence-corrected chi connectivity index (χ1v) is 10.2. The number of para-hydroxylation sites is 1. The number of aromatic amines is 2. The molecule has 3 heterocycles. The molecule has 4 heteroatoms. The second-order valence-electron chi connectivity index (χ2n) is 7.76. The van der Waals surface area contributed by atoms with Crippen molar-refractivity contribution in [2.24, 2.45) is 0 Å². The van der Waals surface area contributed by atoms with Crippen molar-refractivity contribution in [2.45, 2.75) is 39.3 Å². The fraction of sp³-hybridized carbons (Fsp3) is 0.292. The summed E-state index contributed by atoms with van der Waals surface area (Å²) in [4.78, 5) is 14.1. The van der Waals surface area contributed by atoms with Gasteiger partial charge in [0, 0.05) is 35.4 Å². The van der Waals surface area contributed by atoms with Crippen LogP contribution in [0.1, 0.15) is 46.7 Å². The SMILES string of the molecule is CCc1ccc(C2c3[nH]c4ccccc4c3CCN2Cc2nc[nH]c2C)cc1. The third kappa shape index (κ3) is 2.85. The molecule has 4 aromatic rings. The number of fused-ring (bicyclic) bond motifs is 3. The molecule has 0 radical (unpaired) electrons. The van der Waals surface area contributed by atoms with E-state index in [1.807, 2.05) is 0 Å². The van der Waals surface area contributed by atoms with Crippen LogP contribution in [0.15, 0.2) is 54.9 Å². The van der Waals surface area contributed by atoms with Gasteiger partial charge in [0.15, 0.2) is 0 Å². The summed E-state index contributed by atoms with van der Waals surface area (Å²) >= 11 is 0. The predicted octanol–water partition coefficient (Wildman–Crippen LogP) is 4.91. The molecule has 0 amide bonds. The molecule has 1 unspecified atom stereocenters. The normalized spacial score (nSPS) is 17.1. The van der Waals surface area contributed by atoms with Crippen LogP contribution in [0, 0.1) is 6.92 Å². The van der Waals surface area contributed by atoms with Crippen LogP contribution in [0.2, 0.25) is 0 Å². The molecule has 1 atom stereocenters. The molecule has 1 aliphatic heterocycles. The Morgan fingerprint density at radius 3 is 2.68 bits per heavy atom. The molecule has 0 saturated heterocycles. The average Bonchev–Trinajstić information content (AvgIpc) is 3.31. The summed E-state index contributed by atoms with van der Waals surface area (Å²) in [6.45, 7) is 6.19. The molecule has 0 spiro atoms. The number of aromatic nitrogens is 3. The van der Waals surface area contributed by atoms with Crippen LogP contribution < -0.4 is 0 Å². The van der Waals surface area contributed by atoms with E-state index in [1.54, 1.807) is 6.33 Å². The molecule has 142 valence electrons. The first-order chi connectivity index (χ1) is 13.7. The topological polar surface area (TPSA) is 47.7 Å². The Kier molecular flexibility index (Phi) is 4.29. The van der Waals surface area contributed by atoms with Gasteiger partial charge < -0.3 is 9.97 Å². The van der Waals surface area contributed by atoms with Crippen LogP contribution in [-0.4, -0.2) is 26.4 Å². The number of nitrogens with one attached hydrogen (secondary N) is 2. The van der Waals surface area contributed by atoms with Gasteiger partial charge in [-0.3, -0.25) is 4.90 Å². The monoisotopic (exact) mass is 370 g/mol. The Balaban J connectivity index is 1.62. The van der Waals surface area contributed by atoms with E-state index in [0.717, 1.165) is 37.3 Å². The fourth-order valence-electron chi connectivity index (χ4n) is 4.51. The van der Waals surface area contributed by atoms with Crippen LogP contribution in [0.25, 0.3) is 10.9 Å². The average molecular weight is 371 g/mol. The van der Waals surface area contributed by atoms with Crippen molar-refractivity contribution >= 4 is 10.9 Å². The van der Waals surface area contributed by atoms with E-state index in [1.165, 1.54) is 33.3 Å². The molecule has 2 N–H and O–H groups in total. The Hall–Kier alpha value is -2.85. The molecule has 0 saturated carbocycles. The summed E-state index contributed by atoms with van der Waals surface area (Å²) < 4.78 is 0. The molecule has 4 nitrogen and oxygen atoms in total. The number of hydrogen-bond donors (Lipinski definition) is 2. The standard InChI is InChI=1S/C24H26N4/c1-3-17-8-10-18(11-9-17)24-23-20(19-6-4-5-7-21(19)27-23)12-13-28(24)14-22-16(2)25-15-26-22/h4-11,15,24,27H,3,12-14H2,1-2H3,(H,25,26). The number of hydrogen-bond acceptors (Lipinski definition) is 2. The van der Waals surface area contributed by atoms with E-state index >= 15 is 0 Å². The quantitative estimate of drug-likeness (QED) is 0.536. The summed E-state index contributed by atoms with van der Waals surface area (Å²) in [5.41, 5.74) is 9.06. The minimum Gasteiger partial charge on any atom is -0.357 e. The van der Waals surface area contributed by atoms with Gasteiger partial charge in [-0.05, 0) is 42.5 Å². The van der Waals surface area contributed by atoms with Crippen molar-refractivity contribution < 1.29 is 0 Å². The van der Waals surface area contributed by atoms with Gasteiger partial charge in [0.2, 0.25) is 0 Å². The Morgan fingerprint density at radius 1 is 1.11 bits per heavy atom. The Morgan fingerprint density at radius 2 is 1.93 bits per heavy atom. The van der Waals surface area contributed by atoms with Crippen LogP contribution in [0.5, 0.6) is 0 Å². The van der Waals surface area contributed by atoms with Crippen molar-refractivity contribution in [1.29, 1.82) is 0 Å². The van der Waals surface area contributed by atoms with Crippen molar-refractivity contribution in [3.05, 3.63) is 88.6 Å². The first-order valence-electron chi connectivity index (χ1n) is 10.2. The number of benzene rings is 2. The van der Waals surface area contributed by atoms with Crippen LogP contribution in [-0.2, 0) is 19.4 Å². The largest absolute Gasteiger partial charge is 0.357 e. The van der Waals surface area contributed by atoms with Crippen LogP contribution >= 0.6 is 0 Å². The minimum atomic E-state index is 0.221.